The molecule has 3 rings (SSSR count). The maximum atomic E-state index is 12.8. The van der Waals surface area contributed by atoms with Crippen LogP contribution in [0.3, 0.4) is 0 Å². The molecule has 1 heterocycles. The molecule has 110 valence electrons. The quantitative estimate of drug-likeness (QED) is 0.687. The zero-order chi connectivity index (χ0) is 15.7. The van der Waals surface area contributed by atoms with Crippen LogP contribution in [-0.2, 0) is 11.2 Å². The number of carbonyl (C=O) groups excluding carboxylic acids is 2. The van der Waals surface area contributed by atoms with Crippen molar-refractivity contribution in [2.45, 2.75) is 13.3 Å². The van der Waals surface area contributed by atoms with Gasteiger partial charge in [0.25, 0.3) is 5.91 Å². The second-order valence-electron chi connectivity index (χ2n) is 5.12. The van der Waals surface area contributed by atoms with Gasteiger partial charge in [-0.15, -0.1) is 0 Å². The smallest absolute Gasteiger partial charge is 0.262 e. The molecule has 0 radical (unpaired) electrons. The third kappa shape index (κ3) is 2.44. The minimum absolute atomic E-state index is 0.109. The standard InChI is InChI=1S/C18H14ClNO2/c1-12-15(11-17(19)21)14-9-5-6-10-16(14)20(12)18(22)13-7-3-2-4-8-13/h2-10H,11H2,1H3. The Labute approximate surface area is 133 Å². The van der Waals surface area contributed by atoms with Crippen LogP contribution in [0.5, 0.6) is 0 Å². The van der Waals surface area contributed by atoms with Crippen LogP contribution in [0.1, 0.15) is 21.6 Å². The van der Waals surface area contributed by atoms with Crippen molar-refractivity contribution < 1.29 is 9.59 Å². The molecular formula is C18H14ClNO2. The topological polar surface area (TPSA) is 39.1 Å². The average Bonchev–Trinajstić information content (AvgIpc) is 2.80. The summed E-state index contributed by atoms with van der Waals surface area (Å²) >= 11 is 5.56. The van der Waals surface area contributed by atoms with Crippen LogP contribution in [0.25, 0.3) is 10.9 Å². The third-order valence-electron chi connectivity index (χ3n) is 3.78. The fourth-order valence-electron chi connectivity index (χ4n) is 2.77. The summed E-state index contributed by atoms with van der Waals surface area (Å²) in [7, 11) is 0. The van der Waals surface area contributed by atoms with Crippen molar-refractivity contribution in [3.63, 3.8) is 0 Å². The monoisotopic (exact) mass is 311 g/mol. The third-order valence-corrected chi connectivity index (χ3v) is 3.92. The molecule has 0 fully saturated rings. The Hall–Kier alpha value is -2.39. The SMILES string of the molecule is Cc1c(CC(=O)Cl)c2ccccc2n1C(=O)c1ccccc1. The van der Waals surface area contributed by atoms with E-state index in [9.17, 15) is 9.59 Å². The van der Waals surface area contributed by atoms with Gasteiger partial charge in [0, 0.05) is 23.1 Å². The number of benzene rings is 2. The van der Waals surface area contributed by atoms with Crippen molar-refractivity contribution in [2.24, 2.45) is 0 Å². The number of nitrogens with zero attached hydrogens (tertiary/aromatic N) is 1. The van der Waals surface area contributed by atoms with Crippen molar-refractivity contribution >= 4 is 33.7 Å². The van der Waals surface area contributed by atoms with E-state index in [1.807, 2.05) is 49.4 Å². The highest BCUT2D eigenvalue weighted by atomic mass is 35.5. The van der Waals surface area contributed by atoms with Crippen LogP contribution in [0.2, 0.25) is 0 Å². The van der Waals surface area contributed by atoms with Crippen LogP contribution < -0.4 is 0 Å². The normalized spacial score (nSPS) is 10.8. The van der Waals surface area contributed by atoms with Crippen molar-refractivity contribution in [2.75, 3.05) is 0 Å². The molecule has 0 saturated carbocycles. The predicted molar refractivity (Wildman–Crippen MR) is 87.4 cm³/mol. The lowest BCUT2D eigenvalue weighted by atomic mass is 10.1. The highest BCUT2D eigenvalue weighted by Crippen LogP contribution is 2.27. The Bertz CT molecular complexity index is 865. The highest BCUT2D eigenvalue weighted by molar-refractivity contribution is 6.63. The lowest BCUT2D eigenvalue weighted by Gasteiger charge is -2.07. The Kier molecular flexibility index (Phi) is 3.82. The fourth-order valence-corrected chi connectivity index (χ4v) is 2.90. The lowest BCUT2D eigenvalue weighted by molar-refractivity contribution is -0.111. The Morgan fingerprint density at radius 3 is 2.32 bits per heavy atom. The number of aromatic nitrogens is 1. The van der Waals surface area contributed by atoms with E-state index in [1.54, 1.807) is 16.7 Å². The fraction of sp³-hybridized carbons (Fsp3) is 0.111. The van der Waals surface area contributed by atoms with E-state index in [0.29, 0.717) is 5.56 Å². The molecule has 0 saturated heterocycles. The average molecular weight is 312 g/mol. The summed E-state index contributed by atoms with van der Waals surface area (Å²) in [6.45, 7) is 1.84. The summed E-state index contributed by atoms with van der Waals surface area (Å²) in [6.07, 6.45) is 0.114. The largest absolute Gasteiger partial charge is 0.281 e. The number of hydrogen-bond donors (Lipinski definition) is 0. The van der Waals surface area contributed by atoms with Crippen LogP contribution in [0.15, 0.2) is 54.6 Å². The molecule has 2 aromatic carbocycles. The second kappa shape index (κ2) is 5.78. The molecule has 0 atom stereocenters. The summed E-state index contributed by atoms with van der Waals surface area (Å²) in [5, 5.41) is 0.455. The maximum absolute atomic E-state index is 12.8. The van der Waals surface area contributed by atoms with Gasteiger partial charge in [-0.3, -0.25) is 14.2 Å². The molecule has 4 heteroatoms. The van der Waals surface area contributed by atoms with Gasteiger partial charge in [0.2, 0.25) is 5.24 Å². The number of carbonyl (C=O) groups is 2. The van der Waals surface area contributed by atoms with E-state index in [-0.39, 0.29) is 12.3 Å². The number of hydrogen-bond acceptors (Lipinski definition) is 2. The van der Waals surface area contributed by atoms with Crippen molar-refractivity contribution in [3.05, 3.63) is 71.4 Å². The molecule has 1 aromatic heterocycles. The molecule has 0 aliphatic carbocycles. The molecule has 0 unspecified atom stereocenters. The molecule has 3 nitrogen and oxygen atoms in total. The number of rotatable bonds is 3. The molecular weight excluding hydrogens is 298 g/mol. The van der Waals surface area contributed by atoms with Gasteiger partial charge in [-0.2, -0.15) is 0 Å². The van der Waals surface area contributed by atoms with Gasteiger partial charge in [0.15, 0.2) is 0 Å². The predicted octanol–water partition coefficient (Wildman–Crippen LogP) is 3.95. The van der Waals surface area contributed by atoms with E-state index >= 15 is 0 Å². The number of para-hydroxylation sites is 1. The summed E-state index contributed by atoms with van der Waals surface area (Å²) in [6, 6.07) is 16.7. The van der Waals surface area contributed by atoms with Crippen LogP contribution >= 0.6 is 11.6 Å². The van der Waals surface area contributed by atoms with Gasteiger partial charge < -0.3 is 0 Å². The summed E-state index contributed by atoms with van der Waals surface area (Å²) in [5.74, 6) is -0.109. The second-order valence-corrected chi connectivity index (χ2v) is 5.54. The Morgan fingerprint density at radius 1 is 1.00 bits per heavy atom. The van der Waals surface area contributed by atoms with Crippen molar-refractivity contribution in [1.29, 1.82) is 0 Å². The van der Waals surface area contributed by atoms with Gasteiger partial charge >= 0.3 is 0 Å². The number of halogens is 1. The van der Waals surface area contributed by atoms with Gasteiger partial charge in [-0.05, 0) is 42.3 Å². The summed E-state index contributed by atoms with van der Waals surface area (Å²) in [4.78, 5) is 24.2. The van der Waals surface area contributed by atoms with Crippen molar-refractivity contribution in [1.82, 2.24) is 4.57 Å². The highest BCUT2D eigenvalue weighted by Gasteiger charge is 2.20. The van der Waals surface area contributed by atoms with E-state index in [1.165, 1.54) is 0 Å². The maximum Gasteiger partial charge on any atom is 0.262 e. The molecule has 0 aliphatic rings. The zero-order valence-corrected chi connectivity index (χ0v) is 12.8. The minimum Gasteiger partial charge on any atom is -0.281 e. The molecule has 0 bridgehead atoms. The molecule has 0 amide bonds. The first kappa shape index (κ1) is 14.5. The first-order chi connectivity index (χ1) is 10.6. The van der Waals surface area contributed by atoms with Gasteiger partial charge in [0.1, 0.15) is 0 Å². The van der Waals surface area contributed by atoms with E-state index in [0.717, 1.165) is 22.2 Å². The first-order valence-corrected chi connectivity index (χ1v) is 7.34. The van der Waals surface area contributed by atoms with E-state index in [4.69, 9.17) is 11.6 Å². The molecule has 0 spiro atoms. The van der Waals surface area contributed by atoms with Gasteiger partial charge in [-0.25, -0.2) is 0 Å². The molecule has 0 aliphatic heterocycles. The van der Waals surface area contributed by atoms with Crippen LogP contribution in [0.4, 0.5) is 0 Å². The lowest BCUT2D eigenvalue weighted by Crippen LogP contribution is -2.13. The first-order valence-electron chi connectivity index (χ1n) is 6.96. The van der Waals surface area contributed by atoms with Gasteiger partial charge in [0.05, 0.1) is 5.52 Å². The van der Waals surface area contributed by atoms with Crippen LogP contribution in [0, 0.1) is 6.92 Å². The Balaban J connectivity index is 2.24. The zero-order valence-electron chi connectivity index (χ0n) is 12.0. The van der Waals surface area contributed by atoms with E-state index in [2.05, 4.69) is 0 Å². The van der Waals surface area contributed by atoms with Crippen LogP contribution in [-0.4, -0.2) is 15.7 Å². The molecule has 22 heavy (non-hydrogen) atoms. The van der Waals surface area contributed by atoms with Gasteiger partial charge in [-0.1, -0.05) is 36.4 Å². The summed E-state index contributed by atoms with van der Waals surface area (Å²) < 4.78 is 1.65. The van der Waals surface area contributed by atoms with Crippen molar-refractivity contribution in [3.8, 4) is 0 Å². The number of fused-ring (bicyclic) bond motifs is 1. The summed E-state index contributed by atoms with van der Waals surface area (Å²) in [5.41, 5.74) is 2.96. The Morgan fingerprint density at radius 2 is 1.64 bits per heavy atom. The molecule has 0 N–H and O–H groups in total. The minimum atomic E-state index is -0.432. The van der Waals surface area contributed by atoms with E-state index < -0.39 is 5.24 Å². The molecule has 3 aromatic rings.